The Morgan fingerprint density at radius 2 is 2.24 bits per heavy atom. The molecule has 1 amide bonds. The lowest BCUT2D eigenvalue weighted by molar-refractivity contribution is -0.115. The van der Waals surface area contributed by atoms with Gasteiger partial charge in [0.15, 0.2) is 5.82 Å². The monoisotopic (exact) mass is 307 g/mol. The molecule has 2 aromatic heterocycles. The van der Waals surface area contributed by atoms with Crippen LogP contribution >= 0.6 is 11.8 Å². The molecular weight excluding hydrogens is 294 g/mol. The van der Waals surface area contributed by atoms with Gasteiger partial charge in [-0.25, -0.2) is 9.78 Å². The second-order valence-electron chi connectivity index (χ2n) is 4.16. The molecule has 0 bridgehead atoms. The van der Waals surface area contributed by atoms with Crippen molar-refractivity contribution in [2.45, 2.75) is 18.4 Å². The molecule has 0 unspecified atom stereocenters. The van der Waals surface area contributed by atoms with Crippen molar-refractivity contribution in [3.63, 3.8) is 0 Å². The van der Waals surface area contributed by atoms with Crippen molar-refractivity contribution in [1.29, 1.82) is 0 Å². The number of carboxylic acid groups (broad SMARTS) is 1. The quantitative estimate of drug-likeness (QED) is 0.788. The normalized spacial score (nSPS) is 10.3. The van der Waals surface area contributed by atoms with E-state index >= 15 is 0 Å². The number of amides is 1. The summed E-state index contributed by atoms with van der Waals surface area (Å²) in [7, 11) is 0. The number of aromatic nitrogens is 2. The number of aryl methyl sites for hydroxylation is 1. The molecule has 0 saturated heterocycles. The molecule has 0 fully saturated rings. The van der Waals surface area contributed by atoms with Crippen molar-refractivity contribution in [2.75, 3.05) is 11.1 Å². The highest BCUT2D eigenvalue weighted by atomic mass is 32.2. The van der Waals surface area contributed by atoms with E-state index in [1.165, 1.54) is 24.0 Å². The predicted molar refractivity (Wildman–Crippen MR) is 76.4 cm³/mol. The average molecular weight is 307 g/mol. The zero-order chi connectivity index (χ0) is 15.2. The van der Waals surface area contributed by atoms with Gasteiger partial charge >= 0.3 is 5.97 Å². The van der Waals surface area contributed by atoms with E-state index in [9.17, 15) is 9.59 Å². The number of aromatic carboxylic acids is 1. The fourth-order valence-electron chi connectivity index (χ4n) is 1.47. The van der Waals surface area contributed by atoms with Gasteiger partial charge in [0.05, 0.1) is 10.6 Å². The number of carbonyl (C=O) groups is 2. The van der Waals surface area contributed by atoms with Crippen LogP contribution in [0.4, 0.5) is 5.82 Å². The zero-order valence-electron chi connectivity index (χ0n) is 11.2. The topological polar surface area (TPSA) is 105 Å². The molecule has 8 heteroatoms. The van der Waals surface area contributed by atoms with Crippen molar-refractivity contribution in [2.24, 2.45) is 0 Å². The van der Waals surface area contributed by atoms with Crippen LogP contribution in [0.3, 0.4) is 0 Å². The van der Waals surface area contributed by atoms with Crippen LogP contribution in [-0.4, -0.2) is 32.9 Å². The minimum Gasteiger partial charge on any atom is -0.478 e. The van der Waals surface area contributed by atoms with E-state index in [2.05, 4.69) is 15.5 Å². The van der Waals surface area contributed by atoms with Crippen LogP contribution in [0.5, 0.6) is 0 Å². The van der Waals surface area contributed by atoms with Gasteiger partial charge < -0.3 is 14.9 Å². The fourth-order valence-corrected chi connectivity index (χ4v) is 2.26. The number of nitrogens with zero attached hydrogens (tertiary/aromatic N) is 2. The maximum absolute atomic E-state index is 11.7. The van der Waals surface area contributed by atoms with Crippen LogP contribution < -0.4 is 5.32 Å². The van der Waals surface area contributed by atoms with Gasteiger partial charge in [0.2, 0.25) is 5.91 Å². The molecule has 2 rings (SSSR count). The Balaban J connectivity index is 1.76. The molecule has 0 aliphatic carbocycles. The highest BCUT2D eigenvalue weighted by Crippen LogP contribution is 2.17. The number of carbonyl (C=O) groups excluding carboxylic acids is 1. The third kappa shape index (κ3) is 4.60. The summed E-state index contributed by atoms with van der Waals surface area (Å²) in [4.78, 5) is 26.3. The standard InChI is InChI=1S/C13H13N3O4S/c1-8-6-10(16-20-8)15-11(17)4-5-21-12-3-2-9(7-14-12)13(18)19/h2-3,6-7H,4-5H2,1H3,(H,18,19)(H,15,16,17). The minimum absolute atomic E-state index is 0.137. The number of hydrogen-bond donors (Lipinski definition) is 2. The molecule has 2 N–H and O–H groups in total. The zero-order valence-corrected chi connectivity index (χ0v) is 12.0. The Labute approximate surface area is 124 Å². The number of thioether (sulfide) groups is 1. The summed E-state index contributed by atoms with van der Waals surface area (Å²) < 4.78 is 4.84. The van der Waals surface area contributed by atoms with Crippen LogP contribution in [0.1, 0.15) is 22.5 Å². The van der Waals surface area contributed by atoms with E-state index in [1.54, 1.807) is 19.1 Å². The SMILES string of the molecule is Cc1cc(NC(=O)CCSc2ccc(C(=O)O)cn2)no1. The summed E-state index contributed by atoms with van der Waals surface area (Å²) in [5, 5.41) is 15.7. The number of pyridine rings is 1. The number of hydrogen-bond acceptors (Lipinski definition) is 6. The van der Waals surface area contributed by atoms with E-state index in [0.29, 0.717) is 28.8 Å². The third-order valence-electron chi connectivity index (χ3n) is 2.46. The van der Waals surface area contributed by atoms with Crippen LogP contribution in [0.2, 0.25) is 0 Å². The molecule has 21 heavy (non-hydrogen) atoms. The lowest BCUT2D eigenvalue weighted by Crippen LogP contribution is -2.12. The molecule has 7 nitrogen and oxygen atoms in total. The van der Waals surface area contributed by atoms with Crippen molar-refractivity contribution in [3.8, 4) is 0 Å². The van der Waals surface area contributed by atoms with Crippen molar-refractivity contribution in [3.05, 3.63) is 35.7 Å². The first-order chi connectivity index (χ1) is 10.0. The Bertz CT molecular complexity index is 639. The van der Waals surface area contributed by atoms with Crippen LogP contribution in [0.15, 0.2) is 33.9 Å². The van der Waals surface area contributed by atoms with E-state index in [-0.39, 0.29) is 11.5 Å². The van der Waals surface area contributed by atoms with Crippen LogP contribution in [0, 0.1) is 6.92 Å². The largest absolute Gasteiger partial charge is 0.478 e. The lowest BCUT2D eigenvalue weighted by Gasteiger charge is -2.02. The van der Waals surface area contributed by atoms with Crippen molar-refractivity contribution in [1.82, 2.24) is 10.1 Å². The highest BCUT2D eigenvalue weighted by Gasteiger charge is 2.07. The summed E-state index contributed by atoms with van der Waals surface area (Å²) in [6.07, 6.45) is 1.59. The summed E-state index contributed by atoms with van der Waals surface area (Å²) in [5.41, 5.74) is 0.137. The van der Waals surface area contributed by atoms with Gasteiger partial charge in [-0.15, -0.1) is 11.8 Å². The average Bonchev–Trinajstić information content (AvgIpc) is 2.84. The maximum atomic E-state index is 11.7. The number of nitrogens with one attached hydrogen (secondary N) is 1. The van der Waals surface area contributed by atoms with Crippen molar-refractivity contribution < 1.29 is 19.2 Å². The molecule has 110 valence electrons. The van der Waals surface area contributed by atoms with Gasteiger partial charge in [-0.05, 0) is 19.1 Å². The minimum atomic E-state index is -1.01. The first kappa shape index (κ1) is 15.0. The molecule has 0 aliphatic heterocycles. The van der Waals surface area contributed by atoms with E-state index in [4.69, 9.17) is 9.63 Å². The fraction of sp³-hybridized carbons (Fsp3) is 0.231. The number of rotatable bonds is 6. The molecule has 0 aliphatic rings. The molecule has 0 radical (unpaired) electrons. The summed E-state index contributed by atoms with van der Waals surface area (Å²) in [5.74, 6) is 0.371. The number of carboxylic acids is 1. The molecule has 2 aromatic rings. The molecule has 2 heterocycles. The Hall–Kier alpha value is -2.35. The summed E-state index contributed by atoms with van der Waals surface area (Å²) in [6.45, 7) is 1.74. The van der Waals surface area contributed by atoms with E-state index in [1.807, 2.05) is 0 Å². The van der Waals surface area contributed by atoms with E-state index in [0.717, 1.165) is 0 Å². The molecule has 0 saturated carbocycles. The van der Waals surface area contributed by atoms with Crippen LogP contribution in [0.25, 0.3) is 0 Å². The summed E-state index contributed by atoms with van der Waals surface area (Å²) in [6, 6.07) is 4.74. The van der Waals surface area contributed by atoms with Gasteiger partial charge in [0.25, 0.3) is 0 Å². The maximum Gasteiger partial charge on any atom is 0.337 e. The Morgan fingerprint density at radius 1 is 1.43 bits per heavy atom. The molecule has 0 aromatic carbocycles. The van der Waals surface area contributed by atoms with E-state index < -0.39 is 5.97 Å². The van der Waals surface area contributed by atoms with Crippen molar-refractivity contribution >= 4 is 29.5 Å². The predicted octanol–water partition coefficient (Wildman–Crippen LogP) is 2.20. The second-order valence-corrected chi connectivity index (χ2v) is 5.27. The first-order valence-electron chi connectivity index (χ1n) is 6.10. The number of anilines is 1. The smallest absolute Gasteiger partial charge is 0.337 e. The van der Waals surface area contributed by atoms with Crippen LogP contribution in [-0.2, 0) is 4.79 Å². The highest BCUT2D eigenvalue weighted by molar-refractivity contribution is 7.99. The third-order valence-corrected chi connectivity index (χ3v) is 3.40. The van der Waals surface area contributed by atoms with Gasteiger partial charge in [0.1, 0.15) is 5.76 Å². The molecule has 0 spiro atoms. The van der Waals surface area contributed by atoms with Gasteiger partial charge in [-0.2, -0.15) is 0 Å². The van der Waals surface area contributed by atoms with Gasteiger partial charge in [0, 0.05) is 24.4 Å². The Kier molecular flexibility index (Phi) is 4.94. The van der Waals surface area contributed by atoms with Gasteiger partial charge in [-0.3, -0.25) is 4.79 Å². The molecule has 0 atom stereocenters. The molecular formula is C13H13N3O4S. The lowest BCUT2D eigenvalue weighted by atomic mass is 10.3. The summed E-state index contributed by atoms with van der Waals surface area (Å²) >= 11 is 1.38. The van der Waals surface area contributed by atoms with Gasteiger partial charge in [-0.1, -0.05) is 5.16 Å². The second kappa shape index (κ2) is 6.89. The Morgan fingerprint density at radius 3 is 2.81 bits per heavy atom. The first-order valence-corrected chi connectivity index (χ1v) is 7.08.